The molecule has 2 aliphatic rings. The smallest absolute Gasteiger partial charge is 0.367 e. The molecular weight excluding hydrogens is 592 g/mol. The molecule has 0 saturated carbocycles. The number of likely N-dealkylation sites (N-methyl/N-ethyl adjacent to an activating group) is 1. The number of pyridine rings is 1. The zero-order valence-electron chi connectivity index (χ0n) is 26.0. The van der Waals surface area contributed by atoms with Crippen LogP contribution in [0.5, 0.6) is 0 Å². The first-order chi connectivity index (χ1) is 21.2. The van der Waals surface area contributed by atoms with Gasteiger partial charge in [-0.15, -0.1) is 0 Å². The highest BCUT2D eigenvalue weighted by Gasteiger charge is 2.36. The number of halogens is 4. The first kappa shape index (κ1) is 32.4. The van der Waals surface area contributed by atoms with E-state index in [9.17, 15) is 22.8 Å². The molecule has 0 aliphatic carbocycles. The Balaban J connectivity index is 1.50. The number of amides is 1. The largest absolute Gasteiger partial charge is 0.417 e. The predicted octanol–water partition coefficient (Wildman–Crippen LogP) is 3.92. The Morgan fingerprint density at radius 2 is 1.62 bits per heavy atom. The highest BCUT2D eigenvalue weighted by Crippen LogP contribution is 2.37. The molecule has 0 unspecified atom stereocenters. The number of benzene rings is 1. The average Bonchev–Trinajstić information content (AvgIpc) is 3.00. The lowest BCUT2D eigenvalue weighted by atomic mass is 10.0. The molecule has 2 fully saturated rings. The van der Waals surface area contributed by atoms with E-state index in [0.717, 1.165) is 36.9 Å². The van der Waals surface area contributed by atoms with Crippen LogP contribution in [0.4, 0.5) is 34.9 Å². The number of rotatable bonds is 6. The van der Waals surface area contributed by atoms with Crippen LogP contribution in [0.25, 0.3) is 11.1 Å². The zero-order valence-corrected chi connectivity index (χ0v) is 26.0. The minimum Gasteiger partial charge on any atom is -0.367 e. The standard InChI is InChI=1S/C31H38F4N8O2/c1-19(2)41-8-10-42(11-9-41)30-36-15-21(16-37-30)22-12-26(27(14-25(22)32)43-7-6-39(4)20(3)17-43)38-29(45)23-18-40(5)28(44)13-24(23)31(33,34)35/h12-16,18-20H,6-11,17H2,1-5H3,(H,38,45)/t20-/m1/s1. The van der Waals surface area contributed by atoms with Crippen LogP contribution in [0.2, 0.25) is 0 Å². The second-order valence-electron chi connectivity index (χ2n) is 12.0. The van der Waals surface area contributed by atoms with Gasteiger partial charge in [0.1, 0.15) is 5.82 Å². The summed E-state index contributed by atoms with van der Waals surface area (Å²) in [6.07, 6.45) is -1.07. The Bertz CT molecular complexity index is 1600. The maximum Gasteiger partial charge on any atom is 0.417 e. The Morgan fingerprint density at radius 1 is 0.978 bits per heavy atom. The van der Waals surface area contributed by atoms with E-state index >= 15 is 4.39 Å². The second-order valence-corrected chi connectivity index (χ2v) is 12.0. The third-order valence-electron chi connectivity index (χ3n) is 8.69. The summed E-state index contributed by atoms with van der Waals surface area (Å²) >= 11 is 0. The molecule has 1 atom stereocenters. The van der Waals surface area contributed by atoms with Gasteiger partial charge in [-0.2, -0.15) is 13.2 Å². The van der Waals surface area contributed by atoms with E-state index in [-0.39, 0.29) is 17.3 Å². The van der Waals surface area contributed by atoms with Crippen molar-refractivity contribution in [3.63, 3.8) is 0 Å². The molecule has 242 valence electrons. The van der Waals surface area contributed by atoms with E-state index in [1.54, 1.807) is 0 Å². The number of carbonyl (C=O) groups excluding carboxylic acids is 1. The molecule has 1 amide bonds. The number of nitrogens with one attached hydrogen (secondary N) is 1. The van der Waals surface area contributed by atoms with E-state index in [1.165, 1.54) is 31.6 Å². The lowest BCUT2D eigenvalue weighted by molar-refractivity contribution is -0.138. The van der Waals surface area contributed by atoms with Gasteiger partial charge in [-0.3, -0.25) is 14.5 Å². The number of piperazine rings is 2. The maximum absolute atomic E-state index is 15.8. The number of nitrogens with zero attached hydrogens (tertiary/aromatic N) is 7. The number of alkyl halides is 3. The van der Waals surface area contributed by atoms with Gasteiger partial charge in [-0.1, -0.05) is 0 Å². The van der Waals surface area contributed by atoms with Gasteiger partial charge in [-0.05, 0) is 40.0 Å². The Labute approximate surface area is 259 Å². The molecule has 0 radical (unpaired) electrons. The molecule has 2 aliphatic heterocycles. The second kappa shape index (κ2) is 12.8. The number of anilines is 3. The first-order valence-corrected chi connectivity index (χ1v) is 14.9. The number of carbonyl (C=O) groups is 1. The summed E-state index contributed by atoms with van der Waals surface area (Å²) in [4.78, 5) is 42.9. The molecule has 0 bridgehead atoms. The van der Waals surface area contributed by atoms with Crippen molar-refractivity contribution in [1.82, 2.24) is 24.3 Å². The van der Waals surface area contributed by atoms with Crippen LogP contribution in [0.3, 0.4) is 0 Å². The SMILES string of the molecule is CC(C)N1CCN(c2ncc(-c3cc(NC(=O)c4cn(C)c(=O)cc4C(F)(F)F)c(N4CCN(C)[C@H](C)C4)cc3F)cn2)CC1. The molecule has 0 spiro atoms. The van der Waals surface area contributed by atoms with E-state index in [0.29, 0.717) is 48.9 Å². The van der Waals surface area contributed by atoms with Crippen LogP contribution in [0.1, 0.15) is 36.7 Å². The van der Waals surface area contributed by atoms with Crippen LogP contribution in [-0.2, 0) is 13.2 Å². The molecule has 2 saturated heterocycles. The van der Waals surface area contributed by atoms with E-state index in [1.807, 2.05) is 18.9 Å². The van der Waals surface area contributed by atoms with Crippen LogP contribution < -0.4 is 20.7 Å². The summed E-state index contributed by atoms with van der Waals surface area (Å²) in [5, 5.41) is 2.59. The van der Waals surface area contributed by atoms with Crippen molar-refractivity contribution in [3.8, 4) is 11.1 Å². The quantitative estimate of drug-likeness (QED) is 0.410. The van der Waals surface area contributed by atoms with Crippen molar-refractivity contribution in [1.29, 1.82) is 0 Å². The topological polar surface area (TPSA) is 89.8 Å². The van der Waals surface area contributed by atoms with Gasteiger partial charge in [-0.25, -0.2) is 14.4 Å². The van der Waals surface area contributed by atoms with Gasteiger partial charge in [0.05, 0.1) is 22.5 Å². The Kier molecular flexibility index (Phi) is 9.17. The van der Waals surface area contributed by atoms with Crippen molar-refractivity contribution in [2.24, 2.45) is 7.05 Å². The fourth-order valence-electron chi connectivity index (χ4n) is 5.71. The Hall–Kier alpha value is -4.04. The van der Waals surface area contributed by atoms with Gasteiger partial charge in [0.25, 0.3) is 11.5 Å². The molecule has 5 rings (SSSR count). The summed E-state index contributed by atoms with van der Waals surface area (Å²) in [6.45, 7) is 11.3. The average molecular weight is 631 g/mol. The van der Waals surface area contributed by atoms with Crippen molar-refractivity contribution in [3.05, 3.63) is 64.1 Å². The van der Waals surface area contributed by atoms with Gasteiger partial charge in [0.2, 0.25) is 5.95 Å². The lowest BCUT2D eigenvalue weighted by Gasteiger charge is -2.39. The number of hydrogen-bond donors (Lipinski definition) is 1. The van der Waals surface area contributed by atoms with Gasteiger partial charge < -0.3 is 24.6 Å². The Morgan fingerprint density at radius 3 is 2.22 bits per heavy atom. The van der Waals surface area contributed by atoms with Crippen molar-refractivity contribution < 1.29 is 22.4 Å². The molecule has 45 heavy (non-hydrogen) atoms. The van der Waals surface area contributed by atoms with Crippen molar-refractivity contribution in [2.45, 2.75) is 39.0 Å². The number of aryl methyl sites for hydroxylation is 1. The van der Waals surface area contributed by atoms with Gasteiger partial charge in [0.15, 0.2) is 0 Å². The molecule has 3 aromatic rings. The summed E-state index contributed by atoms with van der Waals surface area (Å²) in [5.41, 5.74) is -2.07. The summed E-state index contributed by atoms with van der Waals surface area (Å²) in [5.74, 6) is -1.14. The van der Waals surface area contributed by atoms with Gasteiger partial charge in [0, 0.05) is 101 Å². The molecule has 14 heteroatoms. The van der Waals surface area contributed by atoms with E-state index in [2.05, 4.69) is 43.8 Å². The van der Waals surface area contributed by atoms with Crippen LogP contribution in [0.15, 0.2) is 41.6 Å². The molecule has 1 N–H and O–H groups in total. The highest BCUT2D eigenvalue weighted by molar-refractivity contribution is 6.07. The van der Waals surface area contributed by atoms with Crippen LogP contribution in [0, 0.1) is 5.82 Å². The first-order valence-electron chi connectivity index (χ1n) is 14.9. The summed E-state index contributed by atoms with van der Waals surface area (Å²) in [6, 6.07) is 3.64. The third-order valence-corrected chi connectivity index (χ3v) is 8.69. The van der Waals surface area contributed by atoms with Gasteiger partial charge >= 0.3 is 6.18 Å². The van der Waals surface area contributed by atoms with Crippen molar-refractivity contribution in [2.75, 3.05) is 68.0 Å². The number of hydrogen-bond acceptors (Lipinski definition) is 8. The minimum absolute atomic E-state index is 0.0870. The van der Waals surface area contributed by atoms with Crippen LogP contribution >= 0.6 is 0 Å². The third kappa shape index (κ3) is 6.96. The molecule has 4 heterocycles. The molecule has 1 aromatic carbocycles. The van der Waals surface area contributed by atoms with Crippen LogP contribution in [-0.4, -0.2) is 95.2 Å². The zero-order chi connectivity index (χ0) is 32.6. The highest BCUT2D eigenvalue weighted by atomic mass is 19.4. The minimum atomic E-state index is -4.94. The predicted molar refractivity (Wildman–Crippen MR) is 165 cm³/mol. The summed E-state index contributed by atoms with van der Waals surface area (Å²) in [7, 11) is 3.24. The maximum atomic E-state index is 15.8. The van der Waals surface area contributed by atoms with Crippen molar-refractivity contribution >= 4 is 23.2 Å². The molecular formula is C31H38F4N8O2. The molecule has 2 aromatic heterocycles. The van der Waals surface area contributed by atoms with E-state index in [4.69, 9.17) is 0 Å². The monoisotopic (exact) mass is 630 g/mol. The molecule has 10 nitrogen and oxygen atoms in total. The lowest BCUT2D eigenvalue weighted by Crippen LogP contribution is -2.50. The fraction of sp³-hybridized carbons (Fsp3) is 0.484. The van der Waals surface area contributed by atoms with E-state index < -0.39 is 34.6 Å². The summed E-state index contributed by atoms with van der Waals surface area (Å²) < 4.78 is 58.3. The normalized spacial score (nSPS) is 18.5. The number of aromatic nitrogens is 3. The fourth-order valence-corrected chi connectivity index (χ4v) is 5.71.